The van der Waals surface area contributed by atoms with Crippen molar-refractivity contribution < 1.29 is 4.79 Å². The van der Waals surface area contributed by atoms with E-state index in [0.717, 1.165) is 11.1 Å². The van der Waals surface area contributed by atoms with Crippen molar-refractivity contribution in [1.29, 1.82) is 0 Å². The molecule has 0 saturated heterocycles. The molecule has 0 aliphatic carbocycles. The highest BCUT2D eigenvalue weighted by atomic mass is 35.5. The van der Waals surface area contributed by atoms with E-state index in [9.17, 15) is 4.79 Å². The number of halogens is 2. The highest BCUT2D eigenvalue weighted by Crippen LogP contribution is 2.22. The number of carbonyl (C=O) groups excluding carboxylic acids is 1. The molecule has 5 heteroatoms. The fourth-order valence-electron chi connectivity index (χ4n) is 2.31. The molecule has 2 unspecified atom stereocenters. The average Bonchev–Trinajstić information content (AvgIpc) is 2.53. The van der Waals surface area contributed by atoms with Gasteiger partial charge in [-0.05, 0) is 43.2 Å². The third kappa shape index (κ3) is 5.24. The van der Waals surface area contributed by atoms with E-state index >= 15 is 0 Å². The zero-order valence-electron chi connectivity index (χ0n) is 13.1. The summed E-state index contributed by atoms with van der Waals surface area (Å²) in [6, 6.07) is 15.0. The lowest BCUT2D eigenvalue weighted by Crippen LogP contribution is -2.36. The van der Waals surface area contributed by atoms with Crippen LogP contribution in [0.2, 0.25) is 10.0 Å². The van der Waals surface area contributed by atoms with E-state index in [2.05, 4.69) is 10.6 Å². The largest absolute Gasteiger partial charge is 0.348 e. The molecule has 0 fully saturated rings. The van der Waals surface area contributed by atoms with Crippen molar-refractivity contribution in [3.63, 3.8) is 0 Å². The highest BCUT2D eigenvalue weighted by molar-refractivity contribution is 6.31. The minimum Gasteiger partial charge on any atom is -0.348 e. The first-order chi connectivity index (χ1) is 11.0. The highest BCUT2D eigenvalue weighted by Gasteiger charge is 2.12. The first kappa shape index (κ1) is 17.8. The van der Waals surface area contributed by atoms with Gasteiger partial charge in [-0.1, -0.05) is 53.5 Å². The van der Waals surface area contributed by atoms with E-state index in [1.54, 1.807) is 0 Å². The summed E-state index contributed by atoms with van der Waals surface area (Å²) in [6.45, 7) is 4.15. The molecule has 0 spiro atoms. The summed E-state index contributed by atoms with van der Waals surface area (Å²) in [5.74, 6) is -0.0636. The molecule has 0 aromatic heterocycles. The fourth-order valence-corrected chi connectivity index (χ4v) is 2.73. The summed E-state index contributed by atoms with van der Waals surface area (Å²) < 4.78 is 0. The molecule has 0 aliphatic heterocycles. The van der Waals surface area contributed by atoms with Crippen LogP contribution in [0, 0.1) is 0 Å². The Balaban J connectivity index is 1.85. The third-order valence-corrected chi connectivity index (χ3v) is 4.28. The summed E-state index contributed by atoms with van der Waals surface area (Å²) in [6.07, 6.45) is 0. The van der Waals surface area contributed by atoms with Gasteiger partial charge in [-0.3, -0.25) is 4.79 Å². The van der Waals surface area contributed by atoms with Gasteiger partial charge in [-0.25, -0.2) is 0 Å². The van der Waals surface area contributed by atoms with Gasteiger partial charge in [-0.15, -0.1) is 0 Å². The van der Waals surface area contributed by atoms with E-state index < -0.39 is 0 Å². The number of rotatable bonds is 6. The van der Waals surface area contributed by atoms with Gasteiger partial charge in [0.2, 0.25) is 5.91 Å². The Morgan fingerprint density at radius 3 is 2.30 bits per heavy atom. The number of hydrogen-bond donors (Lipinski definition) is 2. The van der Waals surface area contributed by atoms with Crippen LogP contribution in [0.5, 0.6) is 0 Å². The van der Waals surface area contributed by atoms with Gasteiger partial charge in [0.05, 0.1) is 12.6 Å². The zero-order chi connectivity index (χ0) is 16.8. The van der Waals surface area contributed by atoms with Gasteiger partial charge in [0.25, 0.3) is 0 Å². The molecule has 0 saturated carbocycles. The minimum absolute atomic E-state index is 0.000267. The molecule has 0 radical (unpaired) electrons. The van der Waals surface area contributed by atoms with E-state index in [-0.39, 0.29) is 24.5 Å². The molecule has 2 aromatic rings. The molecule has 3 nitrogen and oxygen atoms in total. The third-order valence-electron chi connectivity index (χ3n) is 3.69. The molecular weight excluding hydrogens is 331 g/mol. The number of carbonyl (C=O) groups is 1. The molecule has 0 bridgehead atoms. The van der Waals surface area contributed by atoms with Gasteiger partial charge in [0.1, 0.15) is 0 Å². The monoisotopic (exact) mass is 350 g/mol. The van der Waals surface area contributed by atoms with Crippen molar-refractivity contribution in [2.45, 2.75) is 25.9 Å². The lowest BCUT2D eigenvalue weighted by molar-refractivity contribution is -0.121. The van der Waals surface area contributed by atoms with Crippen molar-refractivity contribution in [3.8, 4) is 0 Å². The Bertz CT molecular complexity index is 658. The van der Waals surface area contributed by atoms with Crippen LogP contribution in [0.3, 0.4) is 0 Å². The summed E-state index contributed by atoms with van der Waals surface area (Å²) in [5, 5.41) is 7.53. The van der Waals surface area contributed by atoms with Gasteiger partial charge < -0.3 is 10.6 Å². The number of hydrogen-bond acceptors (Lipinski definition) is 2. The molecule has 2 atom stereocenters. The van der Waals surface area contributed by atoms with Crippen LogP contribution in [-0.4, -0.2) is 12.5 Å². The summed E-state index contributed by atoms with van der Waals surface area (Å²) in [5.41, 5.74) is 2.00. The van der Waals surface area contributed by atoms with E-state index in [1.807, 2.05) is 62.4 Å². The van der Waals surface area contributed by atoms with Gasteiger partial charge in [0, 0.05) is 16.1 Å². The molecule has 23 heavy (non-hydrogen) atoms. The van der Waals surface area contributed by atoms with Crippen LogP contribution in [0.1, 0.15) is 37.1 Å². The summed E-state index contributed by atoms with van der Waals surface area (Å²) in [4.78, 5) is 12.1. The summed E-state index contributed by atoms with van der Waals surface area (Å²) in [7, 11) is 0. The lowest BCUT2D eigenvalue weighted by Gasteiger charge is -2.18. The van der Waals surface area contributed by atoms with E-state index in [4.69, 9.17) is 23.2 Å². The summed E-state index contributed by atoms with van der Waals surface area (Å²) >= 11 is 12.0. The maximum Gasteiger partial charge on any atom is 0.234 e. The maximum atomic E-state index is 12.1. The zero-order valence-corrected chi connectivity index (χ0v) is 14.7. The topological polar surface area (TPSA) is 41.1 Å². The number of amides is 1. The van der Waals surface area contributed by atoms with Crippen LogP contribution >= 0.6 is 23.2 Å². The van der Waals surface area contributed by atoms with Crippen LogP contribution in [0.4, 0.5) is 0 Å². The quantitative estimate of drug-likeness (QED) is 0.803. The second-order valence-corrected chi connectivity index (χ2v) is 6.31. The first-order valence-corrected chi connectivity index (χ1v) is 8.25. The fraction of sp³-hybridized carbons (Fsp3) is 0.278. The van der Waals surface area contributed by atoms with Crippen molar-refractivity contribution in [2.24, 2.45) is 0 Å². The molecular formula is C18H20Cl2N2O. The molecule has 2 aromatic carbocycles. The standard InChI is InChI=1S/C18H20Cl2N2O/c1-12(14-7-9-15(19)10-8-14)22-18(23)11-21-13(2)16-5-3-4-6-17(16)20/h3-10,12-13,21H,11H2,1-2H3,(H,22,23). The molecule has 2 N–H and O–H groups in total. The van der Waals surface area contributed by atoms with Crippen LogP contribution < -0.4 is 10.6 Å². The molecule has 1 amide bonds. The molecule has 2 rings (SSSR count). The second-order valence-electron chi connectivity index (χ2n) is 5.46. The minimum atomic E-state index is -0.0720. The lowest BCUT2D eigenvalue weighted by atomic mass is 10.1. The van der Waals surface area contributed by atoms with Crippen molar-refractivity contribution >= 4 is 29.1 Å². The van der Waals surface area contributed by atoms with Crippen molar-refractivity contribution in [1.82, 2.24) is 10.6 Å². The molecule has 0 heterocycles. The number of nitrogens with one attached hydrogen (secondary N) is 2. The smallest absolute Gasteiger partial charge is 0.234 e. The van der Waals surface area contributed by atoms with Gasteiger partial charge in [-0.2, -0.15) is 0 Å². The number of benzene rings is 2. The van der Waals surface area contributed by atoms with Crippen LogP contribution in [-0.2, 0) is 4.79 Å². The van der Waals surface area contributed by atoms with E-state index in [1.165, 1.54) is 0 Å². The Morgan fingerprint density at radius 2 is 1.65 bits per heavy atom. The second kappa shape index (κ2) is 8.34. The molecule has 122 valence electrons. The van der Waals surface area contributed by atoms with Gasteiger partial charge in [0.15, 0.2) is 0 Å². The predicted molar refractivity (Wildman–Crippen MR) is 95.9 cm³/mol. The van der Waals surface area contributed by atoms with E-state index in [0.29, 0.717) is 10.0 Å². The van der Waals surface area contributed by atoms with Gasteiger partial charge >= 0.3 is 0 Å². The van der Waals surface area contributed by atoms with Crippen molar-refractivity contribution in [2.75, 3.05) is 6.54 Å². The Kier molecular flexibility index (Phi) is 6.46. The maximum absolute atomic E-state index is 12.1. The first-order valence-electron chi connectivity index (χ1n) is 7.50. The normalized spacial score (nSPS) is 13.4. The Labute approximate surface area is 147 Å². The van der Waals surface area contributed by atoms with Crippen molar-refractivity contribution in [3.05, 3.63) is 69.7 Å². The van der Waals surface area contributed by atoms with Crippen LogP contribution in [0.25, 0.3) is 0 Å². The Morgan fingerprint density at radius 1 is 1.00 bits per heavy atom. The predicted octanol–water partition coefficient (Wildman–Crippen LogP) is 4.52. The average molecular weight is 351 g/mol. The van der Waals surface area contributed by atoms with Crippen LogP contribution in [0.15, 0.2) is 48.5 Å². The Hall–Kier alpha value is -1.55. The SMILES string of the molecule is CC(NC(=O)CNC(C)c1ccccc1Cl)c1ccc(Cl)cc1. The molecule has 0 aliphatic rings.